The van der Waals surface area contributed by atoms with E-state index >= 15 is 0 Å². The summed E-state index contributed by atoms with van der Waals surface area (Å²) in [6.45, 7) is 4.01. The van der Waals surface area contributed by atoms with Crippen LogP contribution in [0.5, 0.6) is 0 Å². The number of ketones is 1. The van der Waals surface area contributed by atoms with Crippen LogP contribution in [0.2, 0.25) is 5.02 Å². The van der Waals surface area contributed by atoms with Gasteiger partial charge in [-0.2, -0.15) is 13.5 Å². The molecule has 0 fully saturated rings. The number of carbonyl (C=O) groups is 1. The van der Waals surface area contributed by atoms with E-state index in [1.165, 1.54) is 0 Å². The highest BCUT2D eigenvalue weighted by Crippen LogP contribution is 2.31. The van der Waals surface area contributed by atoms with E-state index in [1.807, 2.05) is 98.8 Å². The first-order valence-electron chi connectivity index (χ1n) is 9.19. The van der Waals surface area contributed by atoms with Gasteiger partial charge in [0.1, 0.15) is 0 Å². The van der Waals surface area contributed by atoms with Gasteiger partial charge in [0.2, 0.25) is 0 Å². The number of aryl methyl sites for hydroxylation is 1. The number of hydrogen-bond donors (Lipinski definition) is 0. The molecule has 29 heavy (non-hydrogen) atoms. The number of nitrogens with zero attached hydrogens (tertiary/aromatic N) is 1. The summed E-state index contributed by atoms with van der Waals surface area (Å²) in [5.74, 6) is 0.0300. The van der Waals surface area contributed by atoms with Crippen LogP contribution in [0.1, 0.15) is 27.2 Å². The molecule has 4 rings (SSSR count). The highest BCUT2D eigenvalue weighted by atomic mass is 35.5. The molecule has 0 aliphatic heterocycles. The lowest BCUT2D eigenvalue weighted by Crippen LogP contribution is -2.04. The van der Waals surface area contributed by atoms with Gasteiger partial charge >= 0.3 is 0 Å². The summed E-state index contributed by atoms with van der Waals surface area (Å²) in [5.41, 5.74) is 6.46. The molecule has 1 aromatic heterocycles. The second-order valence-electron chi connectivity index (χ2n) is 6.90. The highest BCUT2D eigenvalue weighted by molar-refractivity contribution is 7.59. The van der Waals surface area contributed by atoms with E-state index in [0.29, 0.717) is 16.1 Å². The Hall–Kier alpha value is -2.75. The van der Waals surface area contributed by atoms with Crippen molar-refractivity contribution in [2.24, 2.45) is 0 Å². The number of aromatic nitrogens is 1. The van der Waals surface area contributed by atoms with Crippen molar-refractivity contribution < 1.29 is 4.79 Å². The van der Waals surface area contributed by atoms with E-state index in [4.69, 9.17) is 11.6 Å². The minimum absolute atomic E-state index is 0. The van der Waals surface area contributed by atoms with Crippen LogP contribution in [0.3, 0.4) is 0 Å². The van der Waals surface area contributed by atoms with Crippen LogP contribution in [-0.2, 0) is 0 Å². The molecular weight excluding hydrogens is 398 g/mol. The van der Waals surface area contributed by atoms with Gasteiger partial charge in [0.25, 0.3) is 0 Å². The van der Waals surface area contributed by atoms with Crippen LogP contribution in [0.25, 0.3) is 16.9 Å². The van der Waals surface area contributed by atoms with Crippen LogP contribution >= 0.6 is 25.1 Å². The second-order valence-corrected chi connectivity index (χ2v) is 7.34. The molecule has 0 saturated heterocycles. The SMILES string of the molecule is Cc1ccc(C(=O)c2cc(-c3ccc(Cl)cc3)n(-c3ccccc3)c2C)cc1.S. The van der Waals surface area contributed by atoms with E-state index in [1.54, 1.807) is 0 Å². The fourth-order valence-corrected chi connectivity index (χ4v) is 3.57. The van der Waals surface area contributed by atoms with Crippen molar-refractivity contribution >= 4 is 30.9 Å². The molecule has 0 radical (unpaired) electrons. The van der Waals surface area contributed by atoms with Gasteiger partial charge in [0.05, 0.1) is 5.69 Å². The van der Waals surface area contributed by atoms with E-state index < -0.39 is 0 Å². The first-order chi connectivity index (χ1) is 13.5. The highest BCUT2D eigenvalue weighted by Gasteiger charge is 2.20. The zero-order chi connectivity index (χ0) is 19.7. The van der Waals surface area contributed by atoms with Crippen molar-refractivity contribution in [3.05, 3.63) is 112 Å². The molecule has 4 heteroatoms. The minimum atomic E-state index is 0. The van der Waals surface area contributed by atoms with Gasteiger partial charge < -0.3 is 4.57 Å². The fraction of sp³-hybridized carbons (Fsp3) is 0.0800. The molecule has 0 bridgehead atoms. The summed E-state index contributed by atoms with van der Waals surface area (Å²) in [6, 6.07) is 27.5. The number of rotatable bonds is 4. The Morgan fingerprint density at radius 3 is 2.07 bits per heavy atom. The standard InChI is InChI=1S/C25H20ClNO.H2S/c1-17-8-10-20(11-9-17)25(28)23-16-24(19-12-14-21(26)15-13-19)27(18(23)2)22-6-4-3-5-7-22;/h3-16H,1-2H3;1H2. The van der Waals surface area contributed by atoms with Crippen molar-refractivity contribution in [1.82, 2.24) is 4.57 Å². The van der Waals surface area contributed by atoms with E-state index in [9.17, 15) is 4.79 Å². The van der Waals surface area contributed by atoms with Crippen LogP contribution in [-0.4, -0.2) is 10.4 Å². The van der Waals surface area contributed by atoms with Gasteiger partial charge in [-0.1, -0.05) is 71.8 Å². The Labute approximate surface area is 183 Å². The Morgan fingerprint density at radius 1 is 0.828 bits per heavy atom. The molecule has 2 nitrogen and oxygen atoms in total. The normalized spacial score (nSPS) is 10.4. The van der Waals surface area contributed by atoms with Crippen molar-refractivity contribution in [3.8, 4) is 16.9 Å². The summed E-state index contributed by atoms with van der Waals surface area (Å²) >= 11 is 6.07. The van der Waals surface area contributed by atoms with Gasteiger partial charge in [0.15, 0.2) is 5.78 Å². The second kappa shape index (κ2) is 8.73. The van der Waals surface area contributed by atoms with E-state index in [-0.39, 0.29) is 19.3 Å². The summed E-state index contributed by atoms with van der Waals surface area (Å²) in [6.07, 6.45) is 0. The number of halogens is 1. The molecular formula is C25H22ClNOS. The smallest absolute Gasteiger partial charge is 0.194 e. The van der Waals surface area contributed by atoms with Crippen molar-refractivity contribution in [1.29, 1.82) is 0 Å². The molecule has 0 aliphatic rings. The quantitative estimate of drug-likeness (QED) is 0.335. The molecule has 146 valence electrons. The third kappa shape index (κ3) is 4.16. The molecule has 0 N–H and O–H groups in total. The van der Waals surface area contributed by atoms with E-state index in [2.05, 4.69) is 4.57 Å². The number of benzene rings is 3. The summed E-state index contributed by atoms with van der Waals surface area (Å²) in [4.78, 5) is 13.2. The maximum Gasteiger partial charge on any atom is 0.194 e. The molecule has 0 atom stereocenters. The number of hydrogen-bond acceptors (Lipinski definition) is 1. The van der Waals surface area contributed by atoms with Crippen molar-refractivity contribution in [3.63, 3.8) is 0 Å². The van der Waals surface area contributed by atoms with Gasteiger partial charge in [-0.05, 0) is 49.7 Å². The average molecular weight is 420 g/mol. The zero-order valence-corrected chi connectivity index (χ0v) is 18.1. The third-order valence-electron chi connectivity index (χ3n) is 4.96. The van der Waals surface area contributed by atoms with Crippen molar-refractivity contribution in [2.45, 2.75) is 13.8 Å². The largest absolute Gasteiger partial charge is 0.313 e. The van der Waals surface area contributed by atoms with Crippen LogP contribution in [0.4, 0.5) is 0 Å². The lowest BCUT2D eigenvalue weighted by Gasteiger charge is -2.12. The maximum absolute atomic E-state index is 13.2. The zero-order valence-electron chi connectivity index (χ0n) is 16.3. The molecule has 0 amide bonds. The van der Waals surface area contributed by atoms with Crippen molar-refractivity contribution in [2.75, 3.05) is 0 Å². The topological polar surface area (TPSA) is 22.0 Å². The van der Waals surface area contributed by atoms with E-state index in [0.717, 1.165) is 28.2 Å². The van der Waals surface area contributed by atoms with Gasteiger partial charge in [-0.15, -0.1) is 0 Å². The Morgan fingerprint density at radius 2 is 1.45 bits per heavy atom. The van der Waals surface area contributed by atoms with Crippen LogP contribution in [0, 0.1) is 13.8 Å². The van der Waals surface area contributed by atoms with Gasteiger partial charge in [0, 0.05) is 27.5 Å². The maximum atomic E-state index is 13.2. The summed E-state index contributed by atoms with van der Waals surface area (Å²) in [5, 5.41) is 0.689. The van der Waals surface area contributed by atoms with Gasteiger partial charge in [-0.3, -0.25) is 4.79 Å². The van der Waals surface area contributed by atoms with Crippen LogP contribution in [0.15, 0.2) is 84.9 Å². The molecule has 0 spiro atoms. The number of para-hydroxylation sites is 1. The fourth-order valence-electron chi connectivity index (χ4n) is 3.44. The Kier molecular flexibility index (Phi) is 6.31. The molecule has 1 heterocycles. The first-order valence-corrected chi connectivity index (χ1v) is 9.57. The predicted molar refractivity (Wildman–Crippen MR) is 126 cm³/mol. The monoisotopic (exact) mass is 419 g/mol. The summed E-state index contributed by atoms with van der Waals surface area (Å²) < 4.78 is 2.13. The molecule has 4 aromatic rings. The Balaban J connectivity index is 0.00000240. The molecule has 0 aliphatic carbocycles. The lowest BCUT2D eigenvalue weighted by molar-refractivity contribution is 0.103. The number of carbonyl (C=O) groups excluding carboxylic acids is 1. The summed E-state index contributed by atoms with van der Waals surface area (Å²) in [7, 11) is 0. The average Bonchev–Trinajstić information content (AvgIpc) is 3.06. The molecule has 0 unspecified atom stereocenters. The van der Waals surface area contributed by atoms with Gasteiger partial charge in [-0.25, -0.2) is 0 Å². The first kappa shape index (κ1) is 21.0. The minimum Gasteiger partial charge on any atom is -0.313 e. The predicted octanol–water partition coefficient (Wildman–Crippen LogP) is 6.76. The van der Waals surface area contributed by atoms with Crippen LogP contribution < -0.4 is 0 Å². The molecule has 0 saturated carbocycles. The molecule has 3 aromatic carbocycles. The third-order valence-corrected chi connectivity index (χ3v) is 5.21. The lowest BCUT2D eigenvalue weighted by atomic mass is 10.0. The Bertz CT molecular complexity index is 1130.